The molecule has 0 saturated heterocycles. The summed E-state index contributed by atoms with van der Waals surface area (Å²) in [5.41, 5.74) is 3.55. The van der Waals surface area contributed by atoms with Crippen molar-refractivity contribution < 1.29 is 4.74 Å². The Kier molecular flexibility index (Phi) is 5.37. The SMILES string of the molecule is CNC(c1cncc(OC(C)C)c1)c1cccc(Br)c1C. The number of hydrogen-bond donors (Lipinski definition) is 1. The highest BCUT2D eigenvalue weighted by Crippen LogP contribution is 2.30. The van der Waals surface area contributed by atoms with Crippen LogP contribution in [0.4, 0.5) is 0 Å². The first kappa shape index (κ1) is 16.0. The molecule has 0 radical (unpaired) electrons. The summed E-state index contributed by atoms with van der Waals surface area (Å²) >= 11 is 3.60. The Hall–Kier alpha value is -1.39. The molecule has 0 aliphatic heterocycles. The van der Waals surface area contributed by atoms with Crippen LogP contribution in [0.1, 0.15) is 36.6 Å². The van der Waals surface area contributed by atoms with Gasteiger partial charge in [0.2, 0.25) is 0 Å². The molecule has 0 aliphatic carbocycles. The van der Waals surface area contributed by atoms with Gasteiger partial charge in [0.15, 0.2) is 0 Å². The van der Waals surface area contributed by atoms with Gasteiger partial charge in [0, 0.05) is 10.7 Å². The fourth-order valence-corrected chi connectivity index (χ4v) is 2.75. The summed E-state index contributed by atoms with van der Waals surface area (Å²) in [6.07, 6.45) is 3.78. The number of hydrogen-bond acceptors (Lipinski definition) is 3. The van der Waals surface area contributed by atoms with Crippen LogP contribution < -0.4 is 10.1 Å². The third-order valence-corrected chi connectivity index (χ3v) is 4.21. The first-order chi connectivity index (χ1) is 10.0. The Morgan fingerprint density at radius 2 is 2.00 bits per heavy atom. The molecule has 0 fully saturated rings. The van der Waals surface area contributed by atoms with Crippen LogP contribution in [0.15, 0.2) is 41.1 Å². The first-order valence-electron chi connectivity index (χ1n) is 7.06. The number of aromatic nitrogens is 1. The summed E-state index contributed by atoms with van der Waals surface area (Å²) in [7, 11) is 1.96. The van der Waals surface area contributed by atoms with Crippen molar-refractivity contribution in [2.75, 3.05) is 7.05 Å². The molecule has 1 unspecified atom stereocenters. The number of benzene rings is 1. The average molecular weight is 349 g/mol. The molecular formula is C17H21BrN2O. The lowest BCUT2D eigenvalue weighted by atomic mass is 9.96. The highest BCUT2D eigenvalue weighted by atomic mass is 79.9. The lowest BCUT2D eigenvalue weighted by Gasteiger charge is -2.20. The van der Waals surface area contributed by atoms with Crippen LogP contribution >= 0.6 is 15.9 Å². The van der Waals surface area contributed by atoms with E-state index in [1.807, 2.05) is 27.1 Å². The fourth-order valence-electron chi connectivity index (χ4n) is 2.37. The van der Waals surface area contributed by atoms with Gasteiger partial charge < -0.3 is 10.1 Å². The highest BCUT2D eigenvalue weighted by molar-refractivity contribution is 9.10. The maximum atomic E-state index is 5.74. The summed E-state index contributed by atoms with van der Waals surface area (Å²) in [5.74, 6) is 0.801. The molecule has 1 aromatic heterocycles. The fraction of sp³-hybridized carbons (Fsp3) is 0.353. The molecule has 1 N–H and O–H groups in total. The van der Waals surface area contributed by atoms with Gasteiger partial charge in [0.1, 0.15) is 5.75 Å². The van der Waals surface area contributed by atoms with Crippen molar-refractivity contribution in [3.05, 3.63) is 57.8 Å². The van der Waals surface area contributed by atoms with Gasteiger partial charge in [0.25, 0.3) is 0 Å². The minimum Gasteiger partial charge on any atom is -0.489 e. The summed E-state index contributed by atoms with van der Waals surface area (Å²) in [6.45, 7) is 6.15. The van der Waals surface area contributed by atoms with E-state index in [4.69, 9.17) is 4.74 Å². The van der Waals surface area contributed by atoms with Gasteiger partial charge in [-0.25, -0.2) is 0 Å². The van der Waals surface area contributed by atoms with Gasteiger partial charge in [-0.1, -0.05) is 28.1 Å². The van der Waals surface area contributed by atoms with Crippen molar-refractivity contribution in [2.24, 2.45) is 0 Å². The van der Waals surface area contributed by atoms with Gasteiger partial charge in [-0.3, -0.25) is 4.98 Å². The standard InChI is InChI=1S/C17H21BrN2O/c1-11(2)21-14-8-13(9-20-10-14)17(19-4)15-6-5-7-16(18)12(15)3/h5-11,17,19H,1-4H3. The van der Waals surface area contributed by atoms with Crippen LogP contribution in [0, 0.1) is 6.92 Å². The van der Waals surface area contributed by atoms with E-state index in [9.17, 15) is 0 Å². The molecule has 3 nitrogen and oxygen atoms in total. The molecule has 4 heteroatoms. The molecule has 21 heavy (non-hydrogen) atoms. The zero-order valence-corrected chi connectivity index (χ0v) is 14.4. The molecule has 0 bridgehead atoms. The number of ether oxygens (including phenoxy) is 1. The van der Waals surface area contributed by atoms with E-state index in [1.54, 1.807) is 6.20 Å². The second kappa shape index (κ2) is 7.05. The van der Waals surface area contributed by atoms with Gasteiger partial charge in [-0.2, -0.15) is 0 Å². The monoisotopic (exact) mass is 348 g/mol. The normalized spacial score (nSPS) is 12.5. The number of halogens is 1. The molecule has 2 aromatic rings. The molecule has 0 amide bonds. The number of nitrogens with one attached hydrogen (secondary N) is 1. The van der Waals surface area contributed by atoms with Crippen molar-refractivity contribution in [3.63, 3.8) is 0 Å². The van der Waals surface area contributed by atoms with Crippen LogP contribution in [-0.4, -0.2) is 18.1 Å². The Bertz CT molecular complexity index is 613. The third kappa shape index (κ3) is 3.83. The Morgan fingerprint density at radius 3 is 2.67 bits per heavy atom. The Labute approximate surface area is 134 Å². The second-order valence-electron chi connectivity index (χ2n) is 5.30. The average Bonchev–Trinajstić information content (AvgIpc) is 2.44. The topological polar surface area (TPSA) is 34.2 Å². The van der Waals surface area contributed by atoms with E-state index in [0.717, 1.165) is 15.8 Å². The van der Waals surface area contributed by atoms with E-state index in [2.05, 4.69) is 57.4 Å². The van der Waals surface area contributed by atoms with E-state index < -0.39 is 0 Å². The molecule has 1 heterocycles. The summed E-state index contributed by atoms with van der Waals surface area (Å²) in [5, 5.41) is 3.37. The number of rotatable bonds is 5. The lowest BCUT2D eigenvalue weighted by molar-refractivity contribution is 0.241. The van der Waals surface area contributed by atoms with Crippen LogP contribution in [-0.2, 0) is 0 Å². The Balaban J connectivity index is 2.39. The minimum absolute atomic E-state index is 0.0886. The smallest absolute Gasteiger partial charge is 0.138 e. The molecule has 2 rings (SSSR count). The summed E-state index contributed by atoms with van der Waals surface area (Å²) in [6, 6.07) is 8.39. The largest absolute Gasteiger partial charge is 0.489 e. The van der Waals surface area contributed by atoms with E-state index >= 15 is 0 Å². The van der Waals surface area contributed by atoms with Crippen LogP contribution in [0.5, 0.6) is 5.75 Å². The quantitative estimate of drug-likeness (QED) is 0.876. The van der Waals surface area contributed by atoms with Crippen molar-refractivity contribution in [1.82, 2.24) is 10.3 Å². The van der Waals surface area contributed by atoms with Crippen molar-refractivity contribution in [3.8, 4) is 5.75 Å². The summed E-state index contributed by atoms with van der Waals surface area (Å²) in [4.78, 5) is 4.31. The second-order valence-corrected chi connectivity index (χ2v) is 6.15. The molecule has 0 spiro atoms. The Morgan fingerprint density at radius 1 is 1.24 bits per heavy atom. The van der Waals surface area contributed by atoms with Gasteiger partial charge in [-0.05, 0) is 56.6 Å². The predicted octanol–water partition coefficient (Wildman–Crippen LogP) is 4.25. The van der Waals surface area contributed by atoms with E-state index in [1.165, 1.54) is 11.1 Å². The minimum atomic E-state index is 0.0886. The summed E-state index contributed by atoms with van der Waals surface area (Å²) < 4.78 is 6.85. The maximum Gasteiger partial charge on any atom is 0.138 e. The molecule has 0 saturated carbocycles. The molecule has 0 aliphatic rings. The molecule has 1 atom stereocenters. The van der Waals surface area contributed by atoms with Crippen molar-refractivity contribution in [2.45, 2.75) is 32.9 Å². The molecule has 1 aromatic carbocycles. The van der Waals surface area contributed by atoms with Crippen LogP contribution in [0.3, 0.4) is 0 Å². The number of pyridine rings is 1. The first-order valence-corrected chi connectivity index (χ1v) is 7.86. The highest BCUT2D eigenvalue weighted by Gasteiger charge is 2.16. The third-order valence-electron chi connectivity index (χ3n) is 3.35. The lowest BCUT2D eigenvalue weighted by Crippen LogP contribution is -2.19. The van der Waals surface area contributed by atoms with Gasteiger partial charge >= 0.3 is 0 Å². The van der Waals surface area contributed by atoms with Gasteiger partial charge in [0.05, 0.1) is 18.3 Å². The van der Waals surface area contributed by atoms with Crippen molar-refractivity contribution in [1.29, 1.82) is 0 Å². The zero-order valence-electron chi connectivity index (χ0n) is 12.9. The van der Waals surface area contributed by atoms with Gasteiger partial charge in [-0.15, -0.1) is 0 Å². The molecular weight excluding hydrogens is 328 g/mol. The number of nitrogens with zero attached hydrogens (tertiary/aromatic N) is 1. The van der Waals surface area contributed by atoms with Crippen molar-refractivity contribution >= 4 is 15.9 Å². The zero-order chi connectivity index (χ0) is 15.4. The van der Waals surface area contributed by atoms with E-state index in [0.29, 0.717) is 0 Å². The predicted molar refractivity (Wildman–Crippen MR) is 89.8 cm³/mol. The van der Waals surface area contributed by atoms with Crippen LogP contribution in [0.2, 0.25) is 0 Å². The molecule has 112 valence electrons. The maximum absolute atomic E-state index is 5.74. The van der Waals surface area contributed by atoms with E-state index in [-0.39, 0.29) is 12.1 Å². The van der Waals surface area contributed by atoms with Crippen LogP contribution in [0.25, 0.3) is 0 Å².